The van der Waals surface area contributed by atoms with Crippen molar-refractivity contribution in [3.05, 3.63) is 30.1 Å². The van der Waals surface area contributed by atoms with Crippen LogP contribution in [0.2, 0.25) is 0 Å². The predicted octanol–water partition coefficient (Wildman–Crippen LogP) is 1.37. The summed E-state index contributed by atoms with van der Waals surface area (Å²) < 4.78 is 18.5. The molecule has 1 aliphatic heterocycles. The summed E-state index contributed by atoms with van der Waals surface area (Å²) in [5.74, 6) is -0.412. The number of hydrogen-bond donors (Lipinski definition) is 1. The molecule has 1 atom stereocenters. The second-order valence-corrected chi connectivity index (χ2v) is 3.63. The molecule has 0 aromatic heterocycles. The first-order valence-electron chi connectivity index (χ1n) is 5.09. The summed E-state index contributed by atoms with van der Waals surface area (Å²) in [6, 6.07) is 6.18. The van der Waals surface area contributed by atoms with Gasteiger partial charge in [0.05, 0.1) is 12.2 Å². The summed E-state index contributed by atoms with van der Waals surface area (Å²) in [6.45, 7) is 0.942. The highest BCUT2D eigenvalue weighted by molar-refractivity contribution is 5.89. The number of anilines is 1. The fourth-order valence-corrected chi connectivity index (χ4v) is 1.72. The van der Waals surface area contributed by atoms with Crippen molar-refractivity contribution >= 4 is 11.8 Å². The van der Waals surface area contributed by atoms with Gasteiger partial charge in [0.1, 0.15) is 11.9 Å². The van der Waals surface area contributed by atoms with E-state index < -0.39 is 11.9 Å². The molecule has 16 heavy (non-hydrogen) atoms. The number of nitrogens with one attached hydrogen (secondary N) is 1. The monoisotopic (exact) mass is 224 g/mol. The van der Waals surface area contributed by atoms with Gasteiger partial charge in [-0.05, 0) is 19.2 Å². The largest absolute Gasteiger partial charge is 0.443 e. The minimum absolute atomic E-state index is 0.225. The molecule has 1 fully saturated rings. The van der Waals surface area contributed by atoms with Crippen LogP contribution in [0.25, 0.3) is 0 Å². The highest BCUT2D eigenvalue weighted by Gasteiger charge is 2.32. The van der Waals surface area contributed by atoms with Gasteiger partial charge in [0, 0.05) is 6.54 Å². The molecule has 1 saturated heterocycles. The molecule has 0 aliphatic carbocycles. The lowest BCUT2D eigenvalue weighted by atomic mass is 10.2. The second kappa shape index (κ2) is 4.49. The van der Waals surface area contributed by atoms with E-state index in [4.69, 9.17) is 4.74 Å². The van der Waals surface area contributed by atoms with Crippen LogP contribution in [-0.2, 0) is 4.74 Å². The third kappa shape index (κ3) is 1.99. The Hall–Kier alpha value is -1.62. The van der Waals surface area contributed by atoms with Crippen LogP contribution >= 0.6 is 0 Å². The maximum Gasteiger partial charge on any atom is 0.414 e. The van der Waals surface area contributed by atoms with E-state index in [0.717, 1.165) is 0 Å². The average Bonchev–Trinajstić information content (AvgIpc) is 2.61. The molecule has 0 bridgehead atoms. The molecule has 86 valence electrons. The highest BCUT2D eigenvalue weighted by atomic mass is 19.1. The number of carbonyl (C=O) groups is 1. The van der Waals surface area contributed by atoms with Crippen LogP contribution < -0.4 is 10.2 Å². The molecule has 1 aliphatic rings. The van der Waals surface area contributed by atoms with Crippen molar-refractivity contribution < 1.29 is 13.9 Å². The number of benzene rings is 1. The predicted molar refractivity (Wildman–Crippen MR) is 57.9 cm³/mol. The number of halogens is 1. The molecule has 2 rings (SSSR count). The van der Waals surface area contributed by atoms with Gasteiger partial charge < -0.3 is 10.1 Å². The molecular weight excluding hydrogens is 211 g/mol. The van der Waals surface area contributed by atoms with Gasteiger partial charge in [0.15, 0.2) is 0 Å². The van der Waals surface area contributed by atoms with E-state index in [2.05, 4.69) is 5.32 Å². The maximum atomic E-state index is 13.5. The first kappa shape index (κ1) is 10.9. The van der Waals surface area contributed by atoms with Gasteiger partial charge in [0.25, 0.3) is 0 Å². The fraction of sp³-hybridized carbons (Fsp3) is 0.364. The van der Waals surface area contributed by atoms with Crippen LogP contribution in [0.15, 0.2) is 24.3 Å². The number of ether oxygens (including phenoxy) is 1. The van der Waals surface area contributed by atoms with Crippen LogP contribution in [-0.4, -0.2) is 32.3 Å². The van der Waals surface area contributed by atoms with Crippen LogP contribution in [0, 0.1) is 5.82 Å². The lowest BCUT2D eigenvalue weighted by molar-refractivity contribution is 0.141. The summed E-state index contributed by atoms with van der Waals surface area (Å²) in [7, 11) is 1.78. The lowest BCUT2D eigenvalue weighted by Gasteiger charge is -2.13. The summed E-state index contributed by atoms with van der Waals surface area (Å²) in [4.78, 5) is 12.8. The third-order valence-electron chi connectivity index (χ3n) is 2.45. The minimum atomic E-state index is -0.495. The number of nitrogens with zero attached hydrogens (tertiary/aromatic N) is 1. The van der Waals surface area contributed by atoms with E-state index in [1.807, 2.05) is 0 Å². The number of para-hydroxylation sites is 1. The van der Waals surface area contributed by atoms with E-state index >= 15 is 0 Å². The summed E-state index contributed by atoms with van der Waals surface area (Å²) in [5, 5.41) is 2.92. The molecule has 1 heterocycles. The molecule has 1 aromatic carbocycles. The molecule has 0 radical (unpaired) electrons. The third-order valence-corrected chi connectivity index (χ3v) is 2.45. The highest BCUT2D eigenvalue weighted by Crippen LogP contribution is 2.23. The van der Waals surface area contributed by atoms with E-state index in [1.54, 1.807) is 25.2 Å². The van der Waals surface area contributed by atoms with Crippen LogP contribution in [0.5, 0.6) is 0 Å². The van der Waals surface area contributed by atoms with Crippen molar-refractivity contribution in [3.63, 3.8) is 0 Å². The first-order valence-corrected chi connectivity index (χ1v) is 5.09. The van der Waals surface area contributed by atoms with Gasteiger partial charge in [-0.3, -0.25) is 4.90 Å². The Morgan fingerprint density at radius 3 is 3.00 bits per heavy atom. The van der Waals surface area contributed by atoms with Gasteiger partial charge in [0.2, 0.25) is 0 Å². The Labute approximate surface area is 93.0 Å². The number of hydrogen-bond acceptors (Lipinski definition) is 3. The standard InChI is InChI=1S/C11H13FN2O2/c1-13-6-8-7-14(11(15)16-8)10-5-3-2-4-9(10)12/h2-5,8,13H,6-7H2,1H3. The van der Waals surface area contributed by atoms with Crippen LogP contribution in [0.4, 0.5) is 14.9 Å². The van der Waals surface area contributed by atoms with Crippen molar-refractivity contribution in [2.75, 3.05) is 25.0 Å². The molecule has 0 saturated carbocycles. The fourth-order valence-electron chi connectivity index (χ4n) is 1.72. The number of carbonyl (C=O) groups excluding carboxylic acids is 1. The zero-order valence-electron chi connectivity index (χ0n) is 8.94. The molecule has 0 spiro atoms. The molecule has 1 amide bonds. The van der Waals surface area contributed by atoms with E-state index in [9.17, 15) is 9.18 Å². The molecular formula is C11H13FN2O2. The van der Waals surface area contributed by atoms with Crippen molar-refractivity contribution in [3.8, 4) is 0 Å². The SMILES string of the molecule is CNCC1CN(c2ccccc2F)C(=O)O1. The molecule has 5 heteroatoms. The molecule has 1 unspecified atom stereocenters. The number of amides is 1. The van der Waals surface area contributed by atoms with Crippen molar-refractivity contribution in [1.82, 2.24) is 5.32 Å². The molecule has 1 aromatic rings. The van der Waals surface area contributed by atoms with Gasteiger partial charge in [-0.25, -0.2) is 9.18 Å². The van der Waals surface area contributed by atoms with Gasteiger partial charge >= 0.3 is 6.09 Å². The Morgan fingerprint density at radius 2 is 2.31 bits per heavy atom. The smallest absolute Gasteiger partial charge is 0.414 e. The van der Waals surface area contributed by atoms with Crippen LogP contribution in [0.1, 0.15) is 0 Å². The van der Waals surface area contributed by atoms with E-state index in [-0.39, 0.29) is 11.8 Å². The minimum Gasteiger partial charge on any atom is -0.443 e. The Kier molecular flexibility index (Phi) is 3.05. The number of rotatable bonds is 3. The van der Waals surface area contributed by atoms with Crippen molar-refractivity contribution in [2.45, 2.75) is 6.10 Å². The zero-order valence-corrected chi connectivity index (χ0v) is 8.94. The van der Waals surface area contributed by atoms with Crippen molar-refractivity contribution in [2.24, 2.45) is 0 Å². The topological polar surface area (TPSA) is 41.6 Å². The normalized spacial score (nSPS) is 20.0. The Bertz CT molecular complexity index is 397. The summed E-state index contributed by atoms with van der Waals surface area (Å²) >= 11 is 0. The lowest BCUT2D eigenvalue weighted by Crippen LogP contribution is -2.29. The maximum absolute atomic E-state index is 13.5. The molecule has 1 N–H and O–H groups in total. The second-order valence-electron chi connectivity index (χ2n) is 3.63. The Morgan fingerprint density at radius 1 is 1.56 bits per heavy atom. The Balaban J connectivity index is 2.17. The van der Waals surface area contributed by atoms with Gasteiger partial charge in [-0.1, -0.05) is 12.1 Å². The van der Waals surface area contributed by atoms with E-state index in [1.165, 1.54) is 11.0 Å². The average molecular weight is 224 g/mol. The quantitative estimate of drug-likeness (QED) is 0.843. The van der Waals surface area contributed by atoms with Crippen molar-refractivity contribution in [1.29, 1.82) is 0 Å². The first-order chi connectivity index (χ1) is 7.72. The molecule has 4 nitrogen and oxygen atoms in total. The summed E-state index contributed by atoms with van der Waals surface area (Å²) in [5.41, 5.74) is 0.270. The number of cyclic esters (lactones) is 1. The van der Waals surface area contributed by atoms with E-state index in [0.29, 0.717) is 13.1 Å². The summed E-state index contributed by atoms with van der Waals surface area (Å²) in [6.07, 6.45) is -0.720. The van der Waals surface area contributed by atoms with Gasteiger partial charge in [-0.15, -0.1) is 0 Å². The number of likely N-dealkylation sites (N-methyl/N-ethyl adjacent to an activating group) is 1. The van der Waals surface area contributed by atoms with Crippen LogP contribution in [0.3, 0.4) is 0 Å². The zero-order chi connectivity index (χ0) is 11.5. The van der Waals surface area contributed by atoms with Gasteiger partial charge in [-0.2, -0.15) is 0 Å².